The number of carbonyl (C=O) groups is 3. The van der Waals surface area contributed by atoms with Crippen LogP contribution in [0.4, 0.5) is 5.69 Å². The second kappa shape index (κ2) is 9.53. The molecule has 1 aromatic carbocycles. The van der Waals surface area contributed by atoms with Gasteiger partial charge in [0.2, 0.25) is 5.91 Å². The molecule has 0 fully saturated rings. The van der Waals surface area contributed by atoms with Crippen molar-refractivity contribution in [1.29, 1.82) is 0 Å². The Hall–Kier alpha value is -2.20. The summed E-state index contributed by atoms with van der Waals surface area (Å²) in [5.41, 5.74) is 3.86. The maximum Gasteiger partial charge on any atom is 0.229 e. The number of hydrogen-bond donors (Lipinski definition) is 0. The number of carbonyl (C=O) groups excluding carboxylic acids is 3. The van der Waals surface area contributed by atoms with Crippen molar-refractivity contribution in [3.8, 4) is 0 Å². The summed E-state index contributed by atoms with van der Waals surface area (Å²) in [5, 5.41) is 0.423. The van der Waals surface area contributed by atoms with E-state index in [0.717, 1.165) is 16.7 Å². The molecule has 1 aromatic rings. The zero-order valence-electron chi connectivity index (χ0n) is 18.1. The average Bonchev–Trinajstić information content (AvgIpc) is 2.63. The zero-order valence-corrected chi connectivity index (χ0v) is 18.9. The molecule has 0 aliphatic heterocycles. The Labute approximate surface area is 178 Å². The maximum atomic E-state index is 13.0. The van der Waals surface area contributed by atoms with Gasteiger partial charge < -0.3 is 4.90 Å². The van der Waals surface area contributed by atoms with Crippen molar-refractivity contribution in [3.63, 3.8) is 0 Å². The number of benzene rings is 1. The van der Waals surface area contributed by atoms with Gasteiger partial charge in [0.15, 0.2) is 11.6 Å². The van der Waals surface area contributed by atoms with Gasteiger partial charge in [0.1, 0.15) is 0 Å². The lowest BCUT2D eigenvalue weighted by molar-refractivity contribution is -0.121. The van der Waals surface area contributed by atoms with Crippen LogP contribution < -0.4 is 4.90 Å². The van der Waals surface area contributed by atoms with E-state index in [1.54, 1.807) is 23.1 Å². The first kappa shape index (κ1) is 23.1. The van der Waals surface area contributed by atoms with Gasteiger partial charge >= 0.3 is 0 Å². The number of nitrogens with zero attached hydrogens (tertiary/aromatic N) is 1. The molecule has 1 unspecified atom stereocenters. The molecule has 1 atom stereocenters. The zero-order chi connectivity index (χ0) is 21.9. The summed E-state index contributed by atoms with van der Waals surface area (Å²) in [6.07, 6.45) is 4.35. The van der Waals surface area contributed by atoms with Crippen molar-refractivity contribution >= 4 is 34.8 Å². The van der Waals surface area contributed by atoms with E-state index < -0.39 is 0 Å². The van der Waals surface area contributed by atoms with Crippen LogP contribution in [0.5, 0.6) is 0 Å². The Bertz CT molecular complexity index is 896. The highest BCUT2D eigenvalue weighted by molar-refractivity contribution is 6.31. The monoisotopic (exact) mass is 415 g/mol. The van der Waals surface area contributed by atoms with Crippen molar-refractivity contribution in [2.45, 2.75) is 54.4 Å². The summed E-state index contributed by atoms with van der Waals surface area (Å²) in [6.45, 7) is 11.8. The summed E-state index contributed by atoms with van der Waals surface area (Å²) < 4.78 is 0. The smallest absolute Gasteiger partial charge is 0.229 e. The van der Waals surface area contributed by atoms with Crippen LogP contribution in [0.1, 0.15) is 63.4 Å². The number of hydrogen-bond acceptors (Lipinski definition) is 3. The van der Waals surface area contributed by atoms with Crippen LogP contribution in [-0.2, 0) is 9.59 Å². The van der Waals surface area contributed by atoms with Crippen LogP contribution >= 0.6 is 11.6 Å². The molecule has 0 aromatic heterocycles. The molecule has 156 valence electrons. The van der Waals surface area contributed by atoms with Crippen molar-refractivity contribution in [1.82, 2.24) is 0 Å². The van der Waals surface area contributed by atoms with Crippen molar-refractivity contribution in [3.05, 3.63) is 51.6 Å². The predicted molar refractivity (Wildman–Crippen MR) is 119 cm³/mol. The minimum atomic E-state index is -0.253. The summed E-state index contributed by atoms with van der Waals surface area (Å²) in [5.74, 6) is -0.427. The standard InChI is InChI=1S/C24H30ClNO3/c1-7-26(24(29)14(2)3)21-13-18(25)12-20(17(21)6)22(27)9-8-19-16(5)10-15(4)11-23(19)28/h10-14,19H,7-9H2,1-6H3. The highest BCUT2D eigenvalue weighted by atomic mass is 35.5. The van der Waals surface area contributed by atoms with Gasteiger partial charge in [-0.25, -0.2) is 0 Å². The third-order valence-corrected chi connectivity index (χ3v) is 5.61. The SMILES string of the molecule is CCN(C(=O)C(C)C)c1cc(Cl)cc(C(=O)CCC2C(=O)C=C(C)C=C2C)c1C. The third kappa shape index (κ3) is 5.24. The van der Waals surface area contributed by atoms with Gasteiger partial charge in [0, 0.05) is 41.1 Å². The molecule has 5 heteroatoms. The Morgan fingerprint density at radius 3 is 2.34 bits per heavy atom. The average molecular weight is 416 g/mol. The minimum Gasteiger partial charge on any atom is -0.312 e. The molecule has 0 spiro atoms. The van der Waals surface area contributed by atoms with Crippen molar-refractivity contribution < 1.29 is 14.4 Å². The van der Waals surface area contributed by atoms with Gasteiger partial charge in [-0.2, -0.15) is 0 Å². The first-order valence-corrected chi connectivity index (χ1v) is 10.5. The van der Waals surface area contributed by atoms with E-state index in [2.05, 4.69) is 0 Å². The Morgan fingerprint density at radius 1 is 1.14 bits per heavy atom. The molecule has 29 heavy (non-hydrogen) atoms. The lowest BCUT2D eigenvalue weighted by atomic mass is 9.84. The number of anilines is 1. The predicted octanol–water partition coefficient (Wildman–Crippen LogP) is 5.71. The van der Waals surface area contributed by atoms with E-state index in [1.165, 1.54) is 0 Å². The summed E-state index contributed by atoms with van der Waals surface area (Å²) in [4.78, 5) is 39.6. The van der Waals surface area contributed by atoms with Gasteiger partial charge in [-0.15, -0.1) is 0 Å². The van der Waals surface area contributed by atoms with Crippen LogP contribution in [0.25, 0.3) is 0 Å². The molecule has 2 rings (SSSR count). The first-order valence-electron chi connectivity index (χ1n) is 10.1. The van der Waals surface area contributed by atoms with E-state index >= 15 is 0 Å². The van der Waals surface area contributed by atoms with Gasteiger partial charge in [-0.1, -0.05) is 37.1 Å². The van der Waals surface area contributed by atoms with Gasteiger partial charge in [0.05, 0.1) is 0 Å². The van der Waals surface area contributed by atoms with Gasteiger partial charge in [-0.05, 0) is 63.5 Å². The van der Waals surface area contributed by atoms with Crippen LogP contribution in [0.2, 0.25) is 5.02 Å². The fourth-order valence-electron chi connectivity index (χ4n) is 3.82. The Morgan fingerprint density at radius 2 is 1.79 bits per heavy atom. The number of allylic oxidation sites excluding steroid dienone is 4. The quantitative estimate of drug-likeness (QED) is 0.536. The van der Waals surface area contributed by atoms with E-state index in [-0.39, 0.29) is 35.7 Å². The van der Waals surface area contributed by atoms with Crippen LogP contribution in [-0.4, -0.2) is 24.0 Å². The van der Waals surface area contributed by atoms with Crippen LogP contribution in [0, 0.1) is 18.8 Å². The molecule has 0 saturated heterocycles. The molecule has 0 N–H and O–H groups in total. The fourth-order valence-corrected chi connectivity index (χ4v) is 4.03. The lowest BCUT2D eigenvalue weighted by Gasteiger charge is -2.26. The molecule has 4 nitrogen and oxygen atoms in total. The number of Topliss-reactive ketones (excluding diaryl/α,β-unsaturated/α-hetero) is 1. The lowest BCUT2D eigenvalue weighted by Crippen LogP contribution is -2.34. The molecule has 0 heterocycles. The summed E-state index contributed by atoms with van der Waals surface area (Å²) in [6, 6.07) is 3.40. The summed E-state index contributed by atoms with van der Waals surface area (Å²) >= 11 is 6.30. The second-order valence-electron chi connectivity index (χ2n) is 8.03. The summed E-state index contributed by atoms with van der Waals surface area (Å²) in [7, 11) is 0. The number of halogens is 1. The normalized spacial score (nSPS) is 16.6. The molecular weight excluding hydrogens is 386 g/mol. The second-order valence-corrected chi connectivity index (χ2v) is 8.46. The van der Waals surface area contributed by atoms with Gasteiger partial charge in [0.25, 0.3) is 0 Å². The van der Waals surface area contributed by atoms with E-state index in [4.69, 9.17) is 11.6 Å². The largest absolute Gasteiger partial charge is 0.312 e. The van der Waals surface area contributed by atoms with E-state index in [0.29, 0.717) is 29.2 Å². The highest BCUT2D eigenvalue weighted by Gasteiger charge is 2.25. The fraction of sp³-hybridized carbons (Fsp3) is 0.458. The number of amides is 1. The molecular formula is C24H30ClNO3. The highest BCUT2D eigenvalue weighted by Crippen LogP contribution is 2.31. The molecule has 1 aliphatic carbocycles. The molecule has 0 saturated carbocycles. The molecule has 1 amide bonds. The maximum absolute atomic E-state index is 13.0. The molecule has 0 radical (unpaired) electrons. The topological polar surface area (TPSA) is 54.5 Å². The van der Waals surface area contributed by atoms with Crippen molar-refractivity contribution in [2.24, 2.45) is 11.8 Å². The van der Waals surface area contributed by atoms with E-state index in [9.17, 15) is 14.4 Å². The van der Waals surface area contributed by atoms with Gasteiger partial charge in [-0.3, -0.25) is 14.4 Å². The molecule has 1 aliphatic rings. The van der Waals surface area contributed by atoms with E-state index in [1.807, 2.05) is 47.6 Å². The van der Waals surface area contributed by atoms with Crippen LogP contribution in [0.15, 0.2) is 35.4 Å². The van der Waals surface area contributed by atoms with Crippen LogP contribution in [0.3, 0.4) is 0 Å². The number of rotatable bonds is 7. The Kier molecular flexibility index (Phi) is 7.59. The molecule has 0 bridgehead atoms. The Balaban J connectivity index is 2.27. The number of ketones is 2. The van der Waals surface area contributed by atoms with Crippen molar-refractivity contribution in [2.75, 3.05) is 11.4 Å². The third-order valence-electron chi connectivity index (χ3n) is 5.39. The minimum absolute atomic E-state index is 0.00742. The first-order chi connectivity index (χ1) is 13.6.